The van der Waals surface area contributed by atoms with Crippen molar-refractivity contribution >= 4 is 33.1 Å². The predicted octanol–water partition coefficient (Wildman–Crippen LogP) is 2.88. The molecule has 1 rings (SSSR count). The van der Waals surface area contributed by atoms with E-state index in [-0.39, 0.29) is 40.2 Å². The molecule has 0 radical (unpaired) electrons. The maximum Gasteiger partial charge on any atom is 0.339 e. The van der Waals surface area contributed by atoms with Crippen LogP contribution in [0.3, 0.4) is 0 Å². The fourth-order valence-corrected chi connectivity index (χ4v) is 3.13. The lowest BCUT2D eigenvalue weighted by Gasteiger charge is -2.15. The Bertz CT molecular complexity index is 773. The van der Waals surface area contributed by atoms with Gasteiger partial charge in [0.2, 0.25) is 0 Å². The van der Waals surface area contributed by atoms with E-state index < -0.39 is 15.8 Å². The molecule has 0 aliphatic carbocycles. The van der Waals surface area contributed by atoms with Gasteiger partial charge < -0.3 is 14.3 Å². The first-order chi connectivity index (χ1) is 11.8. The van der Waals surface area contributed by atoms with Crippen molar-refractivity contribution in [2.75, 3.05) is 26.1 Å². The van der Waals surface area contributed by atoms with E-state index in [9.17, 15) is 13.2 Å². The van der Waals surface area contributed by atoms with Gasteiger partial charge in [-0.15, -0.1) is 0 Å². The van der Waals surface area contributed by atoms with Crippen LogP contribution >= 0.6 is 11.6 Å². The smallest absolute Gasteiger partial charge is 0.339 e. The molecule has 0 aliphatic heterocycles. The highest BCUT2D eigenvalue weighted by atomic mass is 35.5. The Morgan fingerprint density at radius 2 is 2.08 bits per heavy atom. The minimum Gasteiger partial charge on any atom is -0.485 e. The highest BCUT2D eigenvalue weighted by Gasteiger charge is 2.25. The fourth-order valence-electron chi connectivity index (χ4n) is 1.74. The number of methoxy groups -OCH3 is 1. The zero-order chi connectivity index (χ0) is 19.0. The molecule has 0 bridgehead atoms. The van der Waals surface area contributed by atoms with Gasteiger partial charge in [-0.2, -0.15) is 0 Å². The summed E-state index contributed by atoms with van der Waals surface area (Å²) in [4.78, 5) is 16.6. The molecule has 0 aliphatic rings. The summed E-state index contributed by atoms with van der Waals surface area (Å²) in [5.41, 5.74) is 0.452. The lowest BCUT2D eigenvalue weighted by Crippen LogP contribution is -2.14. The van der Waals surface area contributed by atoms with Crippen LogP contribution in [-0.2, 0) is 19.4 Å². The molecule has 1 aromatic rings. The van der Waals surface area contributed by atoms with Gasteiger partial charge in [-0.25, -0.2) is 13.2 Å². The topological polar surface area (TPSA) is 91.3 Å². The number of nitrogens with zero attached hydrogens (tertiary/aromatic N) is 1. The molecule has 0 aromatic heterocycles. The van der Waals surface area contributed by atoms with Gasteiger partial charge in [-0.3, -0.25) is 0 Å². The van der Waals surface area contributed by atoms with E-state index in [2.05, 4.69) is 16.5 Å². The second-order valence-electron chi connectivity index (χ2n) is 4.85. The molecule has 0 saturated carbocycles. The maximum atomic E-state index is 12.3. The van der Waals surface area contributed by atoms with E-state index in [1.165, 1.54) is 32.2 Å². The molecule has 0 amide bonds. The second-order valence-corrected chi connectivity index (χ2v) is 7.47. The van der Waals surface area contributed by atoms with Crippen LogP contribution in [0.1, 0.15) is 24.2 Å². The Hall–Kier alpha value is -2.06. The third-order valence-corrected chi connectivity index (χ3v) is 5.15. The SMILES string of the molecule is C=CCON=C(C)COc1c(S(=O)(=O)CC)ccc(C(=O)OC)c1Cl. The number of halogens is 1. The van der Waals surface area contributed by atoms with Crippen LogP contribution in [0, 0.1) is 0 Å². The predicted molar refractivity (Wildman–Crippen MR) is 95.3 cm³/mol. The third-order valence-electron chi connectivity index (χ3n) is 3.02. The van der Waals surface area contributed by atoms with Crippen LogP contribution in [0.5, 0.6) is 5.75 Å². The van der Waals surface area contributed by atoms with Crippen LogP contribution in [0.25, 0.3) is 0 Å². The Kier molecular flexibility index (Phi) is 7.92. The van der Waals surface area contributed by atoms with Crippen molar-refractivity contribution in [2.45, 2.75) is 18.7 Å². The number of hydrogen-bond donors (Lipinski definition) is 0. The number of hydrogen-bond acceptors (Lipinski definition) is 7. The van der Waals surface area contributed by atoms with Gasteiger partial charge >= 0.3 is 5.97 Å². The van der Waals surface area contributed by atoms with E-state index >= 15 is 0 Å². The maximum absolute atomic E-state index is 12.3. The van der Waals surface area contributed by atoms with Gasteiger partial charge in [0.25, 0.3) is 0 Å². The summed E-state index contributed by atoms with van der Waals surface area (Å²) >= 11 is 6.19. The number of carbonyl (C=O) groups is 1. The zero-order valence-corrected chi connectivity index (χ0v) is 15.8. The number of esters is 1. The van der Waals surface area contributed by atoms with Crippen LogP contribution in [0.2, 0.25) is 5.02 Å². The van der Waals surface area contributed by atoms with E-state index in [1.807, 2.05) is 0 Å². The molecule has 9 heteroatoms. The van der Waals surface area contributed by atoms with Gasteiger partial charge in [0.05, 0.1) is 29.2 Å². The lowest BCUT2D eigenvalue weighted by molar-refractivity contribution is 0.0600. The minimum absolute atomic E-state index is 0.00622. The molecule has 25 heavy (non-hydrogen) atoms. The Morgan fingerprint density at radius 3 is 2.64 bits per heavy atom. The summed E-state index contributed by atoms with van der Waals surface area (Å²) in [6.45, 7) is 6.77. The Labute approximate surface area is 152 Å². The van der Waals surface area contributed by atoms with Crippen molar-refractivity contribution in [1.29, 1.82) is 0 Å². The Morgan fingerprint density at radius 1 is 1.40 bits per heavy atom. The lowest BCUT2D eigenvalue weighted by atomic mass is 10.2. The van der Waals surface area contributed by atoms with Gasteiger partial charge in [0, 0.05) is 0 Å². The molecule has 138 valence electrons. The molecule has 0 heterocycles. The summed E-state index contributed by atoms with van der Waals surface area (Å²) < 4.78 is 34.7. The molecule has 1 aromatic carbocycles. The summed E-state index contributed by atoms with van der Waals surface area (Å²) in [6.07, 6.45) is 1.53. The molecular formula is C16H20ClNO6S. The number of oxime groups is 1. The third kappa shape index (κ3) is 5.47. The minimum atomic E-state index is -3.62. The average Bonchev–Trinajstić information content (AvgIpc) is 2.59. The summed E-state index contributed by atoms with van der Waals surface area (Å²) in [6, 6.07) is 2.56. The first-order valence-electron chi connectivity index (χ1n) is 7.31. The van der Waals surface area contributed by atoms with Crippen molar-refractivity contribution in [1.82, 2.24) is 0 Å². The molecule has 0 unspecified atom stereocenters. The van der Waals surface area contributed by atoms with E-state index in [0.717, 1.165) is 0 Å². The molecule has 0 spiro atoms. The highest BCUT2D eigenvalue weighted by molar-refractivity contribution is 7.91. The van der Waals surface area contributed by atoms with E-state index in [4.69, 9.17) is 21.2 Å². The van der Waals surface area contributed by atoms with Crippen molar-refractivity contribution < 1.29 is 27.5 Å². The summed E-state index contributed by atoms with van der Waals surface area (Å²) in [7, 11) is -2.42. The number of carbonyl (C=O) groups excluding carboxylic acids is 1. The van der Waals surface area contributed by atoms with Gasteiger partial charge in [0.15, 0.2) is 15.6 Å². The number of benzene rings is 1. The van der Waals surface area contributed by atoms with Gasteiger partial charge in [-0.05, 0) is 19.1 Å². The second kappa shape index (κ2) is 9.43. The molecule has 0 N–H and O–H groups in total. The average molecular weight is 390 g/mol. The van der Waals surface area contributed by atoms with Crippen molar-refractivity contribution in [3.63, 3.8) is 0 Å². The highest BCUT2D eigenvalue weighted by Crippen LogP contribution is 2.36. The molecular weight excluding hydrogens is 370 g/mol. The Balaban J connectivity index is 3.26. The summed E-state index contributed by atoms with van der Waals surface area (Å²) in [5, 5.41) is 3.64. The first kappa shape index (κ1) is 21.0. The largest absolute Gasteiger partial charge is 0.485 e. The van der Waals surface area contributed by atoms with Crippen LogP contribution < -0.4 is 4.74 Å². The molecule has 0 saturated heterocycles. The first-order valence-corrected chi connectivity index (χ1v) is 9.34. The van der Waals surface area contributed by atoms with Crippen molar-refractivity contribution in [3.05, 3.63) is 35.4 Å². The molecule has 0 atom stereocenters. The zero-order valence-electron chi connectivity index (χ0n) is 14.2. The van der Waals surface area contributed by atoms with Crippen LogP contribution in [0.4, 0.5) is 0 Å². The van der Waals surface area contributed by atoms with Crippen molar-refractivity contribution in [3.8, 4) is 5.75 Å². The van der Waals surface area contributed by atoms with Gasteiger partial charge in [0.1, 0.15) is 18.1 Å². The van der Waals surface area contributed by atoms with E-state index in [1.54, 1.807) is 6.92 Å². The number of rotatable bonds is 9. The summed E-state index contributed by atoms with van der Waals surface area (Å²) in [5.74, 6) is -0.966. The van der Waals surface area contributed by atoms with Gasteiger partial charge in [-0.1, -0.05) is 36.3 Å². The number of sulfone groups is 1. The number of ether oxygens (including phenoxy) is 2. The standard InChI is InChI=1S/C16H20ClNO6S/c1-5-9-24-18-11(3)10-23-15-13(25(20,21)6-2)8-7-12(14(15)17)16(19)22-4/h5,7-8H,1,6,9-10H2,2-4H3. The van der Waals surface area contributed by atoms with E-state index in [0.29, 0.717) is 5.71 Å². The van der Waals surface area contributed by atoms with Crippen LogP contribution in [-0.4, -0.2) is 46.2 Å². The van der Waals surface area contributed by atoms with Crippen molar-refractivity contribution in [2.24, 2.45) is 5.16 Å². The quantitative estimate of drug-likeness (QED) is 0.212. The molecule has 0 fully saturated rings. The fraction of sp³-hybridized carbons (Fsp3) is 0.375. The van der Waals surface area contributed by atoms with Crippen LogP contribution in [0.15, 0.2) is 34.8 Å². The normalized spacial score (nSPS) is 11.8. The monoisotopic (exact) mass is 389 g/mol. The molecule has 7 nitrogen and oxygen atoms in total.